The molecule has 0 saturated carbocycles. The summed E-state index contributed by atoms with van der Waals surface area (Å²) in [6.45, 7) is 2.33. The predicted octanol–water partition coefficient (Wildman–Crippen LogP) is 2.73. The zero-order valence-corrected chi connectivity index (χ0v) is 15.9. The third kappa shape index (κ3) is 3.81. The second-order valence-electron chi connectivity index (χ2n) is 5.92. The van der Waals surface area contributed by atoms with Crippen molar-refractivity contribution >= 4 is 17.6 Å². The van der Waals surface area contributed by atoms with Gasteiger partial charge in [-0.1, -0.05) is 23.4 Å². The van der Waals surface area contributed by atoms with Crippen molar-refractivity contribution in [2.75, 3.05) is 24.3 Å². The quantitative estimate of drug-likeness (QED) is 0.524. The zero-order chi connectivity index (χ0) is 20.2. The van der Waals surface area contributed by atoms with Crippen molar-refractivity contribution < 1.29 is 9.26 Å². The van der Waals surface area contributed by atoms with Gasteiger partial charge in [0, 0.05) is 18.9 Å². The lowest BCUT2D eigenvalue weighted by Gasteiger charge is -2.17. The van der Waals surface area contributed by atoms with Crippen LogP contribution in [0.1, 0.15) is 6.92 Å². The Hall–Kier alpha value is -4.08. The summed E-state index contributed by atoms with van der Waals surface area (Å²) in [5, 5.41) is 3.98. The van der Waals surface area contributed by atoms with E-state index in [2.05, 4.69) is 30.1 Å². The van der Waals surface area contributed by atoms with Gasteiger partial charge in [0.1, 0.15) is 5.56 Å². The molecule has 4 aromatic rings. The number of pyridine rings is 1. The summed E-state index contributed by atoms with van der Waals surface area (Å²) in [4.78, 5) is 23.2. The standard InChI is InChI=1S/C19H18N8O2/c1-3-28-16-13(10-7-11-21-16)17-22-15(26-29-17)14-23-18(20)25-19(24-14)27(2)12-8-5-4-6-9-12/h4-11H,3H2,1-2H3,(H2,20,23,24,25). The smallest absolute Gasteiger partial charge is 0.263 e. The molecule has 0 atom stereocenters. The van der Waals surface area contributed by atoms with E-state index in [0.717, 1.165) is 5.69 Å². The lowest BCUT2D eigenvalue weighted by Crippen LogP contribution is -2.15. The average Bonchev–Trinajstić information content (AvgIpc) is 3.24. The van der Waals surface area contributed by atoms with Crippen molar-refractivity contribution in [2.45, 2.75) is 6.92 Å². The Labute approximate surface area is 166 Å². The molecule has 0 spiro atoms. The van der Waals surface area contributed by atoms with E-state index < -0.39 is 0 Å². The highest BCUT2D eigenvalue weighted by molar-refractivity contribution is 5.63. The minimum atomic E-state index is 0.0514. The van der Waals surface area contributed by atoms with Crippen molar-refractivity contribution in [1.29, 1.82) is 0 Å². The van der Waals surface area contributed by atoms with Crippen molar-refractivity contribution in [3.63, 3.8) is 0 Å². The summed E-state index contributed by atoms with van der Waals surface area (Å²) < 4.78 is 10.9. The number of hydrogen-bond acceptors (Lipinski definition) is 10. The molecule has 4 rings (SSSR count). The molecule has 3 heterocycles. The SMILES string of the molecule is CCOc1ncccc1-c1nc(-c2nc(N)nc(N(C)c3ccccc3)n2)no1. The summed E-state index contributed by atoms with van der Waals surface area (Å²) in [7, 11) is 1.83. The molecule has 0 fully saturated rings. The van der Waals surface area contributed by atoms with Gasteiger partial charge in [-0.05, 0) is 31.2 Å². The lowest BCUT2D eigenvalue weighted by atomic mass is 10.2. The van der Waals surface area contributed by atoms with Crippen molar-refractivity contribution in [1.82, 2.24) is 30.1 Å². The summed E-state index contributed by atoms with van der Waals surface area (Å²) in [5.41, 5.74) is 7.37. The molecule has 0 aliphatic heterocycles. The van der Waals surface area contributed by atoms with Gasteiger partial charge < -0.3 is 19.9 Å². The molecule has 0 unspecified atom stereocenters. The average molecular weight is 390 g/mol. The number of nitrogen functional groups attached to an aromatic ring is 1. The van der Waals surface area contributed by atoms with E-state index in [9.17, 15) is 0 Å². The molecule has 2 N–H and O–H groups in total. The maximum Gasteiger partial charge on any atom is 0.263 e. The molecule has 0 amide bonds. The van der Waals surface area contributed by atoms with Crippen molar-refractivity contribution in [3.05, 3.63) is 48.7 Å². The van der Waals surface area contributed by atoms with Crippen LogP contribution in [0.15, 0.2) is 53.2 Å². The molecule has 146 valence electrons. The van der Waals surface area contributed by atoms with E-state index in [4.69, 9.17) is 15.0 Å². The molecule has 29 heavy (non-hydrogen) atoms. The Morgan fingerprint density at radius 3 is 2.62 bits per heavy atom. The fraction of sp³-hybridized carbons (Fsp3) is 0.158. The van der Waals surface area contributed by atoms with Gasteiger partial charge in [0.15, 0.2) is 0 Å². The zero-order valence-electron chi connectivity index (χ0n) is 15.9. The summed E-state index contributed by atoms with van der Waals surface area (Å²) in [5.74, 6) is 1.45. The van der Waals surface area contributed by atoms with E-state index in [0.29, 0.717) is 24.0 Å². The van der Waals surface area contributed by atoms with E-state index >= 15 is 0 Å². The molecule has 0 aliphatic rings. The number of para-hydroxylation sites is 1. The fourth-order valence-corrected chi connectivity index (χ4v) is 2.63. The fourth-order valence-electron chi connectivity index (χ4n) is 2.63. The minimum Gasteiger partial charge on any atom is -0.477 e. The monoisotopic (exact) mass is 390 g/mol. The highest BCUT2D eigenvalue weighted by Gasteiger charge is 2.19. The number of nitrogens with two attached hydrogens (primary N) is 1. The first-order valence-corrected chi connectivity index (χ1v) is 8.88. The highest BCUT2D eigenvalue weighted by Crippen LogP contribution is 2.28. The summed E-state index contributed by atoms with van der Waals surface area (Å²) in [6.07, 6.45) is 1.63. The Morgan fingerprint density at radius 1 is 1.00 bits per heavy atom. The minimum absolute atomic E-state index is 0.0514. The number of anilines is 3. The first-order valence-electron chi connectivity index (χ1n) is 8.88. The number of hydrogen-bond donors (Lipinski definition) is 1. The number of ether oxygens (including phenoxy) is 1. The number of benzene rings is 1. The molecule has 0 saturated heterocycles. The van der Waals surface area contributed by atoms with E-state index in [1.807, 2.05) is 44.3 Å². The molecule has 0 bridgehead atoms. The molecule has 0 aliphatic carbocycles. The molecule has 1 aromatic carbocycles. The van der Waals surface area contributed by atoms with E-state index in [1.54, 1.807) is 23.2 Å². The Morgan fingerprint density at radius 2 is 1.83 bits per heavy atom. The Bertz CT molecular complexity index is 1120. The van der Waals surface area contributed by atoms with Gasteiger partial charge in [0.05, 0.1) is 6.61 Å². The van der Waals surface area contributed by atoms with Crippen LogP contribution in [0.4, 0.5) is 17.6 Å². The second-order valence-corrected chi connectivity index (χ2v) is 5.92. The van der Waals surface area contributed by atoms with Gasteiger partial charge in [0.25, 0.3) is 5.89 Å². The normalized spacial score (nSPS) is 10.7. The van der Waals surface area contributed by atoms with E-state index in [-0.39, 0.29) is 23.5 Å². The molecular weight excluding hydrogens is 372 g/mol. The van der Waals surface area contributed by atoms with Crippen LogP contribution >= 0.6 is 0 Å². The number of aromatic nitrogens is 6. The van der Waals surface area contributed by atoms with Crippen LogP contribution in [0.5, 0.6) is 5.88 Å². The molecular formula is C19H18N8O2. The van der Waals surface area contributed by atoms with Crippen LogP contribution < -0.4 is 15.4 Å². The van der Waals surface area contributed by atoms with Crippen molar-refractivity contribution in [2.24, 2.45) is 0 Å². The van der Waals surface area contributed by atoms with Crippen LogP contribution in [0.2, 0.25) is 0 Å². The molecule has 0 radical (unpaired) electrons. The second kappa shape index (κ2) is 7.89. The first-order chi connectivity index (χ1) is 14.2. The first kappa shape index (κ1) is 18.3. The Balaban J connectivity index is 1.69. The Kier molecular flexibility index (Phi) is 4.97. The summed E-state index contributed by atoms with van der Waals surface area (Å²) >= 11 is 0. The van der Waals surface area contributed by atoms with Crippen LogP contribution in [0.3, 0.4) is 0 Å². The maximum absolute atomic E-state index is 5.89. The third-order valence-corrected chi connectivity index (χ3v) is 3.99. The number of nitrogens with zero attached hydrogens (tertiary/aromatic N) is 7. The van der Waals surface area contributed by atoms with Gasteiger partial charge in [-0.25, -0.2) is 4.98 Å². The van der Waals surface area contributed by atoms with Gasteiger partial charge in [0.2, 0.25) is 29.4 Å². The third-order valence-electron chi connectivity index (χ3n) is 3.99. The van der Waals surface area contributed by atoms with Crippen LogP contribution in [-0.4, -0.2) is 43.7 Å². The summed E-state index contributed by atoms with van der Waals surface area (Å²) in [6, 6.07) is 13.2. The van der Waals surface area contributed by atoms with Gasteiger partial charge in [-0.2, -0.15) is 19.9 Å². The largest absolute Gasteiger partial charge is 0.477 e. The van der Waals surface area contributed by atoms with Gasteiger partial charge >= 0.3 is 0 Å². The molecule has 10 nitrogen and oxygen atoms in total. The predicted molar refractivity (Wildman–Crippen MR) is 106 cm³/mol. The lowest BCUT2D eigenvalue weighted by molar-refractivity contribution is 0.326. The topological polar surface area (TPSA) is 129 Å². The number of rotatable bonds is 6. The van der Waals surface area contributed by atoms with Gasteiger partial charge in [-0.15, -0.1) is 0 Å². The van der Waals surface area contributed by atoms with Crippen LogP contribution in [0, 0.1) is 0 Å². The van der Waals surface area contributed by atoms with Gasteiger partial charge in [-0.3, -0.25) is 0 Å². The molecule has 10 heteroatoms. The highest BCUT2D eigenvalue weighted by atomic mass is 16.5. The van der Waals surface area contributed by atoms with Crippen LogP contribution in [-0.2, 0) is 0 Å². The molecule has 3 aromatic heterocycles. The van der Waals surface area contributed by atoms with Crippen LogP contribution in [0.25, 0.3) is 23.1 Å². The van der Waals surface area contributed by atoms with E-state index in [1.165, 1.54) is 0 Å². The van der Waals surface area contributed by atoms with Crippen molar-refractivity contribution in [3.8, 4) is 29.0 Å². The maximum atomic E-state index is 5.89.